The second-order valence-corrected chi connectivity index (χ2v) is 32.6. The van der Waals surface area contributed by atoms with Gasteiger partial charge in [-0.25, -0.2) is 0 Å². The molecule has 0 aromatic carbocycles. The second-order valence-electron chi connectivity index (χ2n) is 32.6. The summed E-state index contributed by atoms with van der Waals surface area (Å²) in [6.45, 7) is 58.4. The zero-order valence-corrected chi connectivity index (χ0v) is 66.2. The first kappa shape index (κ1) is 88.0. The molecule has 0 heterocycles. The fourth-order valence-electron chi connectivity index (χ4n) is 19.4. The lowest BCUT2D eigenvalue weighted by atomic mass is 9.68. The molecular weight excluding hydrogens is 1060 g/mol. The Morgan fingerprint density at radius 2 is 0.170 bits per heavy atom. The maximum Gasteiger partial charge on any atom is -0.0406 e. The molecule has 0 nitrogen and oxygen atoms in total. The van der Waals surface area contributed by atoms with E-state index in [0.717, 1.165) is 124 Å². The number of hydrogen-bond acceptors (Lipinski definition) is 0. The first-order valence-electron chi connectivity index (χ1n) is 42.5. The molecule has 0 N–H and O–H groups in total. The van der Waals surface area contributed by atoms with Crippen LogP contribution in [0.4, 0.5) is 0 Å². The van der Waals surface area contributed by atoms with Crippen LogP contribution in [0.2, 0.25) is 0 Å². The molecule has 0 aromatic heterocycles. The lowest BCUT2D eigenvalue weighted by molar-refractivity contribution is 0.140. The van der Waals surface area contributed by atoms with E-state index in [2.05, 4.69) is 159 Å². The Hall–Kier alpha value is 0. The molecule has 3 atom stereocenters. The molecule has 3 unspecified atom stereocenters. The standard InChI is InChI=1S/C88H178/c1-24-68(25-2)49-79(46-23)60-87(65-84(54-73(34-11)35-12)55-74(36-13)37-14)63-81(64-88(66-85(56-75(38-15)39-16)57-76(40-17)41-18)67-86(58-77(42-19)43-20)59-78(44-21)45-22)48-47-80(61-82(50-69(26-3)27-4)51-70(28-5)29-6)62-83(52-71(30-7)31-8)53-72(32-9)33-10/h68-88H,24-67H2,1-23H3. The van der Waals surface area contributed by atoms with Crippen molar-refractivity contribution in [3.05, 3.63) is 0 Å². The van der Waals surface area contributed by atoms with Crippen molar-refractivity contribution in [2.75, 3.05) is 0 Å². The van der Waals surface area contributed by atoms with Gasteiger partial charge in [0.25, 0.3) is 0 Å². The van der Waals surface area contributed by atoms with Gasteiger partial charge in [0, 0.05) is 0 Å². The normalized spacial score (nSPS) is 14.1. The van der Waals surface area contributed by atoms with Gasteiger partial charge in [-0.2, -0.15) is 0 Å². The Morgan fingerprint density at radius 3 is 0.284 bits per heavy atom. The van der Waals surface area contributed by atoms with E-state index in [-0.39, 0.29) is 0 Å². The SMILES string of the molecule is CCC(CC)CC(CC)CC(CC(CCC(CC(CC(CC)CC)CC(CC)CC)CC(CC(CC)CC)CC(CC)CC)CC(CC(CC(CC)CC)CC(CC)CC)CC(CC(CC)CC)CC(CC)CC)CC(CC(CC)CC)CC(CC)CC. The molecule has 0 saturated carbocycles. The molecule has 0 spiro atoms. The van der Waals surface area contributed by atoms with Crippen LogP contribution in [0.1, 0.15) is 442 Å². The average molecular weight is 1240 g/mol. The molecule has 0 aromatic rings. The highest BCUT2D eigenvalue weighted by Crippen LogP contribution is 2.46. The maximum atomic E-state index is 2.62. The molecule has 0 aliphatic carbocycles. The molecule has 0 aliphatic heterocycles. The monoisotopic (exact) mass is 1240 g/mol. The van der Waals surface area contributed by atoms with Gasteiger partial charge in [0.15, 0.2) is 0 Å². The van der Waals surface area contributed by atoms with E-state index in [1.807, 2.05) is 0 Å². The van der Waals surface area contributed by atoms with Crippen LogP contribution >= 0.6 is 0 Å². The van der Waals surface area contributed by atoms with Crippen LogP contribution in [-0.4, -0.2) is 0 Å². The van der Waals surface area contributed by atoms with E-state index >= 15 is 0 Å². The molecule has 0 amide bonds. The van der Waals surface area contributed by atoms with Crippen molar-refractivity contribution in [3.63, 3.8) is 0 Å². The van der Waals surface area contributed by atoms with Crippen molar-refractivity contribution in [3.8, 4) is 0 Å². The largest absolute Gasteiger partial charge is 0.0651 e. The molecule has 0 rings (SSSR count). The van der Waals surface area contributed by atoms with Gasteiger partial charge in [0.05, 0.1) is 0 Å². The van der Waals surface area contributed by atoms with Gasteiger partial charge in [0.1, 0.15) is 0 Å². The van der Waals surface area contributed by atoms with Gasteiger partial charge < -0.3 is 0 Å². The van der Waals surface area contributed by atoms with Crippen LogP contribution in [0.5, 0.6) is 0 Å². The summed E-state index contributed by atoms with van der Waals surface area (Å²) in [5.41, 5.74) is 0. The topological polar surface area (TPSA) is 0 Å². The van der Waals surface area contributed by atoms with Crippen LogP contribution in [0.3, 0.4) is 0 Å². The van der Waals surface area contributed by atoms with E-state index in [9.17, 15) is 0 Å². The summed E-state index contributed by atoms with van der Waals surface area (Å²) in [4.78, 5) is 0. The zero-order chi connectivity index (χ0) is 66.2. The molecule has 0 fully saturated rings. The minimum absolute atomic E-state index is 0.849. The minimum Gasteiger partial charge on any atom is -0.0651 e. The predicted octanol–water partition coefficient (Wildman–Crippen LogP) is 31.5. The third kappa shape index (κ3) is 38.5. The van der Waals surface area contributed by atoms with Crippen LogP contribution in [0, 0.1) is 124 Å². The molecule has 530 valence electrons. The van der Waals surface area contributed by atoms with E-state index in [1.165, 1.54) is 283 Å². The highest BCUT2D eigenvalue weighted by Gasteiger charge is 2.34. The molecular formula is C88H178. The average Bonchev–Trinajstić information content (AvgIpc) is 3.66. The molecule has 0 radical (unpaired) electrons. The van der Waals surface area contributed by atoms with Crippen molar-refractivity contribution in [1.29, 1.82) is 0 Å². The minimum atomic E-state index is 0.849. The van der Waals surface area contributed by atoms with E-state index in [1.54, 1.807) is 0 Å². The summed E-state index contributed by atoms with van der Waals surface area (Å²) < 4.78 is 0. The summed E-state index contributed by atoms with van der Waals surface area (Å²) in [6, 6.07) is 0. The Bertz CT molecular complexity index is 1260. The van der Waals surface area contributed by atoms with Gasteiger partial charge in [-0.15, -0.1) is 0 Å². The third-order valence-electron chi connectivity index (χ3n) is 26.9. The van der Waals surface area contributed by atoms with Gasteiger partial charge in [-0.1, -0.05) is 320 Å². The van der Waals surface area contributed by atoms with E-state index < -0.39 is 0 Å². The zero-order valence-electron chi connectivity index (χ0n) is 66.2. The quantitative estimate of drug-likeness (QED) is 0.0569. The molecule has 0 saturated heterocycles. The molecule has 88 heavy (non-hydrogen) atoms. The van der Waals surface area contributed by atoms with Crippen molar-refractivity contribution in [2.24, 2.45) is 124 Å². The smallest absolute Gasteiger partial charge is 0.0406 e. The Balaban J connectivity index is 9.09. The Kier molecular flexibility index (Phi) is 56.2. The predicted molar refractivity (Wildman–Crippen MR) is 407 cm³/mol. The maximum absolute atomic E-state index is 2.62. The van der Waals surface area contributed by atoms with Crippen molar-refractivity contribution >= 4 is 0 Å². The lowest BCUT2D eigenvalue weighted by Crippen LogP contribution is -2.26. The fourth-order valence-corrected chi connectivity index (χ4v) is 19.4. The van der Waals surface area contributed by atoms with Crippen LogP contribution in [-0.2, 0) is 0 Å². The van der Waals surface area contributed by atoms with Crippen molar-refractivity contribution < 1.29 is 0 Å². The van der Waals surface area contributed by atoms with Crippen LogP contribution < -0.4 is 0 Å². The highest BCUT2D eigenvalue weighted by atomic mass is 14.4. The third-order valence-corrected chi connectivity index (χ3v) is 26.9. The van der Waals surface area contributed by atoms with Crippen LogP contribution in [0.25, 0.3) is 0 Å². The fraction of sp³-hybridized carbons (Fsp3) is 1.00. The van der Waals surface area contributed by atoms with Crippen LogP contribution in [0.15, 0.2) is 0 Å². The van der Waals surface area contributed by atoms with Gasteiger partial charge >= 0.3 is 0 Å². The second kappa shape index (κ2) is 56.2. The Labute approximate surface area is 562 Å². The molecule has 0 heteroatoms. The highest BCUT2D eigenvalue weighted by molar-refractivity contribution is 4.85. The lowest BCUT2D eigenvalue weighted by Gasteiger charge is -2.37. The molecule has 0 aliphatic rings. The van der Waals surface area contributed by atoms with Gasteiger partial charge in [0.2, 0.25) is 0 Å². The summed E-state index contributed by atoms with van der Waals surface area (Å²) in [5, 5.41) is 0. The van der Waals surface area contributed by atoms with Gasteiger partial charge in [-0.05, 0) is 246 Å². The first-order valence-corrected chi connectivity index (χ1v) is 42.5. The van der Waals surface area contributed by atoms with Crippen molar-refractivity contribution in [1.82, 2.24) is 0 Å². The molecule has 0 bridgehead atoms. The van der Waals surface area contributed by atoms with E-state index in [0.29, 0.717) is 0 Å². The van der Waals surface area contributed by atoms with Gasteiger partial charge in [-0.3, -0.25) is 0 Å². The summed E-state index contributed by atoms with van der Waals surface area (Å²) in [6.07, 6.45) is 63.1. The first-order chi connectivity index (χ1) is 42.5. The number of hydrogen-bond donors (Lipinski definition) is 0. The van der Waals surface area contributed by atoms with Crippen molar-refractivity contribution in [2.45, 2.75) is 442 Å². The van der Waals surface area contributed by atoms with E-state index in [4.69, 9.17) is 0 Å². The Morgan fingerprint density at radius 1 is 0.0909 bits per heavy atom. The summed E-state index contributed by atoms with van der Waals surface area (Å²) >= 11 is 0. The summed E-state index contributed by atoms with van der Waals surface area (Å²) in [5.74, 6) is 18.5. The summed E-state index contributed by atoms with van der Waals surface area (Å²) in [7, 11) is 0. The number of rotatable bonds is 64.